The first-order chi connectivity index (χ1) is 10.3. The summed E-state index contributed by atoms with van der Waals surface area (Å²) in [5.41, 5.74) is 3.28. The average Bonchev–Trinajstić information content (AvgIpc) is 2.47. The Morgan fingerprint density at radius 1 is 1.05 bits per heavy atom. The Kier molecular flexibility index (Phi) is 5.05. The Labute approximate surface area is 131 Å². The topological polar surface area (TPSA) is 3.24 Å². The third-order valence-electron chi connectivity index (χ3n) is 5.78. The van der Waals surface area contributed by atoms with Gasteiger partial charge in [0.05, 0.1) is 0 Å². The second-order valence-corrected chi connectivity index (χ2v) is 7.34. The first-order valence-electron chi connectivity index (χ1n) is 9.06. The molecule has 0 spiro atoms. The number of hydrogen-bond donors (Lipinski definition) is 0. The average molecular weight is 283 g/mol. The molecule has 2 heterocycles. The van der Waals surface area contributed by atoms with E-state index in [9.17, 15) is 0 Å². The van der Waals surface area contributed by atoms with Crippen LogP contribution in [0.3, 0.4) is 0 Å². The molecule has 0 atom stereocenters. The van der Waals surface area contributed by atoms with Crippen LogP contribution in [0.5, 0.6) is 0 Å². The third kappa shape index (κ3) is 3.36. The molecular formula is C19H30BN. The van der Waals surface area contributed by atoms with Crippen LogP contribution in [-0.4, -0.2) is 25.2 Å². The second-order valence-electron chi connectivity index (χ2n) is 7.34. The number of hydrogen-bond acceptors (Lipinski definition) is 1. The predicted octanol–water partition coefficient (Wildman–Crippen LogP) is 4.34. The summed E-state index contributed by atoms with van der Waals surface area (Å²) in [7, 11) is 2.27. The zero-order valence-electron chi connectivity index (χ0n) is 13.9. The highest BCUT2D eigenvalue weighted by Gasteiger charge is 2.40. The normalized spacial score (nSPS) is 25.4. The zero-order chi connectivity index (χ0) is 14.7. The molecule has 1 nitrogen and oxygen atoms in total. The van der Waals surface area contributed by atoms with E-state index in [1.807, 2.05) is 0 Å². The summed E-state index contributed by atoms with van der Waals surface area (Å²) in [6.45, 7) is 5.46. The third-order valence-corrected chi connectivity index (χ3v) is 5.78. The maximum atomic E-state index is 2.48. The van der Waals surface area contributed by atoms with Crippen molar-refractivity contribution in [2.45, 2.75) is 70.0 Å². The minimum absolute atomic E-state index is 0.860. The Balaban J connectivity index is 1.84. The molecule has 0 radical (unpaired) electrons. The van der Waals surface area contributed by atoms with E-state index in [4.69, 9.17) is 0 Å². The van der Waals surface area contributed by atoms with Crippen LogP contribution in [0.1, 0.15) is 57.4 Å². The summed E-state index contributed by atoms with van der Waals surface area (Å²) in [5, 5.41) is 0. The van der Waals surface area contributed by atoms with Crippen molar-refractivity contribution in [2.24, 2.45) is 0 Å². The van der Waals surface area contributed by atoms with Gasteiger partial charge in [-0.05, 0) is 25.6 Å². The van der Waals surface area contributed by atoms with Crippen molar-refractivity contribution in [1.29, 1.82) is 0 Å². The maximum absolute atomic E-state index is 2.48. The van der Waals surface area contributed by atoms with Gasteiger partial charge in [-0.1, -0.05) is 86.8 Å². The first-order valence-corrected chi connectivity index (χ1v) is 9.06. The Hall–Kier alpha value is -0.755. The summed E-state index contributed by atoms with van der Waals surface area (Å²) < 4.78 is 0. The van der Waals surface area contributed by atoms with Crippen molar-refractivity contribution >= 4 is 12.2 Å². The van der Waals surface area contributed by atoms with Crippen LogP contribution in [0.15, 0.2) is 24.3 Å². The minimum atomic E-state index is 0.860. The van der Waals surface area contributed by atoms with Crippen LogP contribution < -0.4 is 5.46 Å². The lowest BCUT2D eigenvalue weighted by molar-refractivity contribution is 0.328. The highest BCUT2D eigenvalue weighted by atomic mass is 15.1. The van der Waals surface area contributed by atoms with Crippen LogP contribution in [0, 0.1) is 0 Å². The number of rotatable bonds is 5. The molecule has 2 aliphatic rings. The highest BCUT2D eigenvalue weighted by Crippen LogP contribution is 2.46. The van der Waals surface area contributed by atoms with Gasteiger partial charge in [0, 0.05) is 6.54 Å². The Morgan fingerprint density at radius 2 is 1.67 bits per heavy atom. The van der Waals surface area contributed by atoms with Crippen LogP contribution in [0.25, 0.3) is 0 Å². The van der Waals surface area contributed by atoms with Crippen molar-refractivity contribution in [3.63, 3.8) is 0 Å². The first kappa shape index (κ1) is 15.2. The summed E-state index contributed by atoms with van der Waals surface area (Å²) in [4.78, 5) is 2.48. The molecule has 0 aromatic heterocycles. The highest BCUT2D eigenvalue weighted by molar-refractivity contribution is 6.76. The molecule has 2 heteroatoms. The van der Waals surface area contributed by atoms with E-state index in [0.29, 0.717) is 0 Å². The van der Waals surface area contributed by atoms with Crippen LogP contribution >= 0.6 is 0 Å². The molecule has 1 aromatic carbocycles. The largest absolute Gasteiger partial charge is 0.302 e. The van der Waals surface area contributed by atoms with Crippen molar-refractivity contribution in [2.75, 3.05) is 13.6 Å². The molecule has 2 saturated heterocycles. The summed E-state index contributed by atoms with van der Waals surface area (Å²) in [6, 6.07) is 9.32. The predicted molar refractivity (Wildman–Crippen MR) is 93.7 cm³/mol. The molecule has 0 aliphatic carbocycles. The monoisotopic (exact) mass is 283 g/mol. The molecule has 1 aromatic rings. The van der Waals surface area contributed by atoms with Crippen molar-refractivity contribution in [3.8, 4) is 0 Å². The van der Waals surface area contributed by atoms with Crippen LogP contribution in [0.2, 0.25) is 11.6 Å². The van der Waals surface area contributed by atoms with Crippen molar-refractivity contribution in [3.05, 3.63) is 29.8 Å². The molecule has 0 unspecified atom stereocenters. The summed E-state index contributed by atoms with van der Waals surface area (Å²) in [6.07, 6.45) is 10.1. The van der Waals surface area contributed by atoms with E-state index in [2.05, 4.69) is 43.1 Å². The van der Waals surface area contributed by atoms with Gasteiger partial charge in [-0.15, -0.1) is 0 Å². The van der Waals surface area contributed by atoms with Gasteiger partial charge in [0.1, 0.15) is 0 Å². The lowest BCUT2D eigenvalue weighted by atomic mass is 9.24. The molecule has 0 N–H and O–H groups in total. The van der Waals surface area contributed by atoms with E-state index in [1.165, 1.54) is 51.5 Å². The van der Waals surface area contributed by atoms with Gasteiger partial charge in [-0.3, -0.25) is 0 Å². The molecule has 21 heavy (non-hydrogen) atoms. The van der Waals surface area contributed by atoms with Gasteiger partial charge in [-0.2, -0.15) is 0 Å². The molecular weight excluding hydrogens is 253 g/mol. The molecule has 0 saturated carbocycles. The Morgan fingerprint density at radius 3 is 2.29 bits per heavy atom. The standard InChI is InChI=1S/C19H30BN/c1-3-14-21(2)15-16-8-4-5-13-19(16)20-17-9-6-10-18(20)12-7-11-17/h4-5,8,13,17-18H,3,6-7,9-12,14-15H2,1-2H3. The van der Waals surface area contributed by atoms with E-state index in [0.717, 1.165) is 24.9 Å². The van der Waals surface area contributed by atoms with Gasteiger partial charge in [0.15, 0.2) is 6.71 Å². The number of benzene rings is 1. The van der Waals surface area contributed by atoms with Crippen molar-refractivity contribution < 1.29 is 0 Å². The van der Waals surface area contributed by atoms with Gasteiger partial charge >= 0.3 is 0 Å². The fourth-order valence-electron chi connectivity index (χ4n) is 4.94. The molecule has 114 valence electrons. The molecule has 2 aliphatic heterocycles. The number of fused-ring (bicyclic) bond motifs is 2. The molecule has 0 amide bonds. The fraction of sp³-hybridized carbons (Fsp3) is 0.684. The summed E-state index contributed by atoms with van der Waals surface area (Å²) >= 11 is 0. The maximum Gasteiger partial charge on any atom is 0.182 e. The van der Waals surface area contributed by atoms with E-state index in [1.54, 1.807) is 11.0 Å². The van der Waals surface area contributed by atoms with Gasteiger partial charge < -0.3 is 4.90 Å². The lowest BCUT2D eigenvalue weighted by Gasteiger charge is -2.41. The number of nitrogens with zero attached hydrogens (tertiary/aromatic N) is 1. The van der Waals surface area contributed by atoms with E-state index >= 15 is 0 Å². The van der Waals surface area contributed by atoms with Crippen molar-refractivity contribution in [1.82, 2.24) is 4.90 Å². The van der Waals surface area contributed by atoms with Gasteiger partial charge in [-0.25, -0.2) is 0 Å². The molecule has 2 fully saturated rings. The van der Waals surface area contributed by atoms with Crippen LogP contribution in [0.4, 0.5) is 0 Å². The van der Waals surface area contributed by atoms with Gasteiger partial charge in [0.2, 0.25) is 0 Å². The second kappa shape index (κ2) is 7.00. The Bertz CT molecular complexity index is 437. The van der Waals surface area contributed by atoms with E-state index in [-0.39, 0.29) is 0 Å². The molecule has 2 bridgehead atoms. The van der Waals surface area contributed by atoms with Gasteiger partial charge in [0.25, 0.3) is 0 Å². The smallest absolute Gasteiger partial charge is 0.182 e. The zero-order valence-corrected chi connectivity index (χ0v) is 13.9. The van der Waals surface area contributed by atoms with Crippen LogP contribution in [-0.2, 0) is 6.54 Å². The quantitative estimate of drug-likeness (QED) is 0.727. The summed E-state index contributed by atoms with van der Waals surface area (Å²) in [5.74, 6) is 1.94. The SMILES string of the molecule is CCCN(C)Cc1ccccc1B1C2CCCC1CCC2. The minimum Gasteiger partial charge on any atom is -0.302 e. The lowest BCUT2D eigenvalue weighted by Crippen LogP contribution is -2.46. The molecule has 3 rings (SSSR count). The van der Waals surface area contributed by atoms with E-state index < -0.39 is 0 Å². The fourth-order valence-corrected chi connectivity index (χ4v) is 4.94.